The van der Waals surface area contributed by atoms with Crippen LogP contribution in [-0.2, 0) is 25.6 Å². The Morgan fingerprint density at radius 2 is 1.75 bits per heavy atom. The highest BCUT2D eigenvalue weighted by atomic mass is 32.2. The number of rotatable bonds is 3. The number of hydrogen-bond donors (Lipinski definition) is 2. The minimum Gasteiger partial charge on any atom is -0.475 e. The van der Waals surface area contributed by atoms with Crippen molar-refractivity contribution in [3.8, 4) is 0 Å². The van der Waals surface area contributed by atoms with E-state index in [2.05, 4.69) is 10.1 Å². The Kier molecular flexibility index (Phi) is 4.54. The van der Waals surface area contributed by atoms with Gasteiger partial charge in [0.15, 0.2) is 5.82 Å². The van der Waals surface area contributed by atoms with Crippen molar-refractivity contribution in [3.05, 3.63) is 41.5 Å². The van der Waals surface area contributed by atoms with Crippen molar-refractivity contribution >= 4 is 16.0 Å². The Bertz CT molecular complexity index is 1010. The number of aromatic nitrogens is 2. The van der Waals surface area contributed by atoms with Crippen LogP contribution in [-0.4, -0.2) is 35.8 Å². The zero-order valence-corrected chi connectivity index (χ0v) is 15.3. The highest BCUT2D eigenvalue weighted by Crippen LogP contribution is 2.74. The molecule has 0 saturated heterocycles. The SMILES string of the molecule is Cc1noc(C23CC(c4ccccc4S(N)(=O)=O)(C2)C3)n1.O=C(O)C(F)(F)F. The first kappa shape index (κ1) is 20.3. The molecule has 1 aromatic heterocycles. The minimum absolute atomic E-state index is 0.0628. The second-order valence-corrected chi connectivity index (χ2v) is 8.61. The summed E-state index contributed by atoms with van der Waals surface area (Å²) in [4.78, 5) is 13.4. The molecule has 3 saturated carbocycles. The lowest BCUT2D eigenvalue weighted by molar-refractivity contribution is -0.192. The van der Waals surface area contributed by atoms with E-state index in [1.165, 1.54) is 0 Å². The third kappa shape index (κ3) is 3.37. The molecule has 3 aliphatic rings. The van der Waals surface area contributed by atoms with Gasteiger partial charge in [0.1, 0.15) is 0 Å². The van der Waals surface area contributed by atoms with Crippen LogP contribution in [0, 0.1) is 6.92 Å². The molecule has 28 heavy (non-hydrogen) atoms. The van der Waals surface area contributed by atoms with Crippen LogP contribution in [0.15, 0.2) is 33.7 Å². The second kappa shape index (κ2) is 6.27. The van der Waals surface area contributed by atoms with E-state index in [4.69, 9.17) is 19.6 Å². The lowest BCUT2D eigenvalue weighted by Gasteiger charge is -2.69. The smallest absolute Gasteiger partial charge is 0.475 e. The van der Waals surface area contributed by atoms with Crippen LogP contribution in [0.4, 0.5) is 13.2 Å². The third-order valence-electron chi connectivity index (χ3n) is 5.02. The number of halogens is 3. The van der Waals surface area contributed by atoms with Crippen LogP contribution in [0.25, 0.3) is 0 Å². The summed E-state index contributed by atoms with van der Waals surface area (Å²) in [5, 5.41) is 16.3. The van der Waals surface area contributed by atoms with Crippen LogP contribution in [0.2, 0.25) is 0 Å². The molecule has 3 N–H and O–H groups in total. The Morgan fingerprint density at radius 3 is 2.18 bits per heavy atom. The molecule has 3 fully saturated rings. The summed E-state index contributed by atoms with van der Waals surface area (Å²) in [6.07, 6.45) is -2.56. The summed E-state index contributed by atoms with van der Waals surface area (Å²) in [5.41, 5.74) is 0.656. The van der Waals surface area contributed by atoms with E-state index in [0.29, 0.717) is 11.7 Å². The van der Waals surface area contributed by atoms with Gasteiger partial charge in [0.05, 0.1) is 10.3 Å². The number of nitrogens with two attached hydrogens (primary N) is 1. The standard InChI is InChI=1S/C14H15N3O3S.C2HF3O2/c1-9-16-12(20-17-9)14-6-13(7-14,8-14)10-4-2-3-5-11(10)21(15,18)19;3-2(4,5)1(6)7/h2-5H,6-8H2,1H3,(H2,15,18,19);(H,6,7). The van der Waals surface area contributed by atoms with E-state index in [1.54, 1.807) is 19.1 Å². The fraction of sp³-hybridized carbons (Fsp3) is 0.438. The Morgan fingerprint density at radius 1 is 1.21 bits per heavy atom. The number of carboxylic acids is 1. The van der Waals surface area contributed by atoms with Crippen LogP contribution in [0.3, 0.4) is 0 Å². The summed E-state index contributed by atoms with van der Waals surface area (Å²) in [5.74, 6) is -1.45. The van der Waals surface area contributed by atoms with Crippen molar-refractivity contribution in [2.75, 3.05) is 0 Å². The van der Waals surface area contributed by atoms with Gasteiger partial charge in [-0.1, -0.05) is 23.4 Å². The maximum atomic E-state index is 11.7. The number of alkyl halides is 3. The van der Waals surface area contributed by atoms with Gasteiger partial charge < -0.3 is 9.63 Å². The van der Waals surface area contributed by atoms with E-state index in [9.17, 15) is 21.6 Å². The number of primary sulfonamides is 1. The molecule has 12 heteroatoms. The predicted molar refractivity (Wildman–Crippen MR) is 87.7 cm³/mol. The maximum absolute atomic E-state index is 11.7. The zero-order chi connectivity index (χ0) is 21.0. The largest absolute Gasteiger partial charge is 0.490 e. The average molecular weight is 419 g/mol. The molecule has 152 valence electrons. The molecule has 0 unspecified atom stereocenters. The van der Waals surface area contributed by atoms with E-state index in [-0.39, 0.29) is 15.7 Å². The molecule has 0 spiro atoms. The van der Waals surface area contributed by atoms with Crippen molar-refractivity contribution < 1.29 is 36.0 Å². The Hall–Kier alpha value is -2.47. The highest BCUT2D eigenvalue weighted by molar-refractivity contribution is 7.89. The Balaban J connectivity index is 0.000000279. The molecule has 2 bridgehead atoms. The van der Waals surface area contributed by atoms with Gasteiger partial charge in [-0.05, 0) is 43.2 Å². The van der Waals surface area contributed by atoms with Gasteiger partial charge >= 0.3 is 12.1 Å². The molecular weight excluding hydrogens is 403 g/mol. The number of hydrogen-bond acceptors (Lipinski definition) is 6. The van der Waals surface area contributed by atoms with Crippen LogP contribution >= 0.6 is 0 Å². The van der Waals surface area contributed by atoms with E-state index in [0.717, 1.165) is 24.8 Å². The summed E-state index contributed by atoms with van der Waals surface area (Å²) >= 11 is 0. The molecule has 0 aliphatic heterocycles. The number of nitrogens with zero attached hydrogens (tertiary/aromatic N) is 2. The molecular formula is C16H16F3N3O5S. The van der Waals surface area contributed by atoms with Crippen molar-refractivity contribution in [1.29, 1.82) is 0 Å². The summed E-state index contributed by atoms with van der Waals surface area (Å²) in [6.45, 7) is 1.80. The Labute approximate surface area is 157 Å². The zero-order valence-electron chi connectivity index (χ0n) is 14.5. The first-order chi connectivity index (χ1) is 12.8. The second-order valence-electron chi connectivity index (χ2n) is 7.08. The molecule has 1 heterocycles. The van der Waals surface area contributed by atoms with Crippen molar-refractivity contribution in [1.82, 2.24) is 10.1 Å². The number of aliphatic carboxylic acids is 1. The number of benzene rings is 1. The van der Waals surface area contributed by atoms with Gasteiger partial charge in [0.25, 0.3) is 0 Å². The molecule has 0 radical (unpaired) electrons. The fourth-order valence-corrected chi connectivity index (χ4v) is 4.83. The summed E-state index contributed by atoms with van der Waals surface area (Å²) in [6, 6.07) is 7.00. The first-order valence-corrected chi connectivity index (χ1v) is 9.57. The number of carbonyl (C=O) groups is 1. The van der Waals surface area contributed by atoms with Crippen LogP contribution in [0.1, 0.15) is 36.5 Å². The van der Waals surface area contributed by atoms with Crippen molar-refractivity contribution in [2.45, 2.75) is 48.1 Å². The number of carboxylic acid groups (broad SMARTS) is 1. The van der Waals surface area contributed by atoms with E-state index >= 15 is 0 Å². The molecule has 3 aliphatic carbocycles. The normalized spacial score (nSPS) is 25.8. The summed E-state index contributed by atoms with van der Waals surface area (Å²) < 4.78 is 60.5. The molecule has 0 atom stereocenters. The van der Waals surface area contributed by atoms with Gasteiger partial charge in [-0.3, -0.25) is 0 Å². The molecule has 8 nitrogen and oxygen atoms in total. The average Bonchev–Trinajstić information content (AvgIpc) is 2.90. The maximum Gasteiger partial charge on any atom is 0.490 e. The van der Waals surface area contributed by atoms with Gasteiger partial charge in [0.2, 0.25) is 15.9 Å². The lowest BCUT2D eigenvalue weighted by Crippen LogP contribution is -2.67. The van der Waals surface area contributed by atoms with E-state index < -0.39 is 22.2 Å². The lowest BCUT2D eigenvalue weighted by atomic mass is 9.33. The predicted octanol–water partition coefficient (Wildman–Crippen LogP) is 2.03. The third-order valence-corrected chi connectivity index (χ3v) is 5.99. The number of aryl methyl sites for hydroxylation is 1. The summed E-state index contributed by atoms with van der Waals surface area (Å²) in [7, 11) is -3.70. The van der Waals surface area contributed by atoms with Gasteiger partial charge in [0, 0.05) is 0 Å². The van der Waals surface area contributed by atoms with Crippen LogP contribution in [0.5, 0.6) is 0 Å². The van der Waals surface area contributed by atoms with Crippen molar-refractivity contribution in [2.24, 2.45) is 5.14 Å². The topological polar surface area (TPSA) is 136 Å². The molecule has 5 rings (SSSR count). The minimum atomic E-state index is -5.08. The molecule has 1 aromatic carbocycles. The van der Waals surface area contributed by atoms with Gasteiger partial charge in [-0.15, -0.1) is 0 Å². The van der Waals surface area contributed by atoms with E-state index in [1.807, 2.05) is 12.1 Å². The van der Waals surface area contributed by atoms with Gasteiger partial charge in [-0.2, -0.15) is 18.2 Å². The first-order valence-electron chi connectivity index (χ1n) is 8.02. The molecule has 0 amide bonds. The van der Waals surface area contributed by atoms with Crippen molar-refractivity contribution in [3.63, 3.8) is 0 Å². The monoisotopic (exact) mass is 419 g/mol. The highest BCUT2D eigenvalue weighted by Gasteiger charge is 2.72. The fourth-order valence-electron chi connectivity index (χ4n) is 3.97. The quantitative estimate of drug-likeness (QED) is 0.777. The number of sulfonamides is 1. The van der Waals surface area contributed by atoms with Crippen LogP contribution < -0.4 is 5.14 Å². The van der Waals surface area contributed by atoms with Gasteiger partial charge in [-0.25, -0.2) is 18.4 Å². The molecule has 2 aromatic rings.